The third kappa shape index (κ3) is 0.956. The van der Waals surface area contributed by atoms with E-state index in [0.29, 0.717) is 0 Å². The Morgan fingerprint density at radius 1 is 1.14 bits per heavy atom. The molecule has 1 N–H and O–H groups in total. The summed E-state index contributed by atoms with van der Waals surface area (Å²) in [6.45, 7) is 0. The number of rotatable bonds is 0. The van der Waals surface area contributed by atoms with E-state index in [1.807, 2.05) is 41.5 Å². The molecule has 1 aliphatic heterocycles. The van der Waals surface area contributed by atoms with Gasteiger partial charge in [0.15, 0.2) is 0 Å². The molecule has 0 spiro atoms. The van der Waals surface area contributed by atoms with Crippen LogP contribution in [-0.2, 0) is 0 Å². The molecule has 0 aliphatic carbocycles. The maximum atomic E-state index is 4.21. The Labute approximate surface area is 81.7 Å². The summed E-state index contributed by atoms with van der Waals surface area (Å²) in [4.78, 5) is 0. The van der Waals surface area contributed by atoms with Crippen molar-refractivity contribution in [1.29, 1.82) is 0 Å². The summed E-state index contributed by atoms with van der Waals surface area (Å²) in [5.74, 6) is 0. The van der Waals surface area contributed by atoms with Crippen LogP contribution in [0.4, 0.5) is 5.69 Å². The van der Waals surface area contributed by atoms with Gasteiger partial charge in [0.2, 0.25) is 0 Å². The van der Waals surface area contributed by atoms with Crippen molar-refractivity contribution in [3.8, 4) is 11.3 Å². The van der Waals surface area contributed by atoms with Gasteiger partial charge in [0, 0.05) is 23.7 Å². The predicted molar refractivity (Wildman–Crippen MR) is 56.6 cm³/mol. The molecule has 14 heavy (non-hydrogen) atoms. The number of benzene rings is 1. The van der Waals surface area contributed by atoms with Crippen molar-refractivity contribution in [2.75, 3.05) is 5.32 Å². The van der Waals surface area contributed by atoms with Crippen molar-refractivity contribution < 1.29 is 0 Å². The van der Waals surface area contributed by atoms with Gasteiger partial charge in [-0.2, -0.15) is 5.10 Å². The van der Waals surface area contributed by atoms with E-state index < -0.39 is 0 Å². The van der Waals surface area contributed by atoms with Gasteiger partial charge in [-0.15, -0.1) is 0 Å². The minimum atomic E-state index is 1.11. The SMILES string of the molecule is C1=Cn2nccc2-c2ccccc2N1. The van der Waals surface area contributed by atoms with Crippen LogP contribution in [-0.4, -0.2) is 9.78 Å². The molecule has 1 aliphatic rings. The molecule has 68 valence electrons. The second-order valence-corrected chi connectivity index (χ2v) is 3.17. The van der Waals surface area contributed by atoms with Gasteiger partial charge in [0.1, 0.15) is 0 Å². The number of para-hydroxylation sites is 1. The fraction of sp³-hybridized carbons (Fsp3) is 0. The molecule has 3 nitrogen and oxygen atoms in total. The fourth-order valence-electron chi connectivity index (χ4n) is 1.68. The van der Waals surface area contributed by atoms with Crippen molar-refractivity contribution in [3.05, 3.63) is 42.7 Å². The average molecular weight is 183 g/mol. The molecule has 0 radical (unpaired) electrons. The molecule has 3 rings (SSSR count). The van der Waals surface area contributed by atoms with Gasteiger partial charge in [-0.3, -0.25) is 0 Å². The normalized spacial score (nSPS) is 12.6. The molecule has 0 saturated heterocycles. The summed E-state index contributed by atoms with van der Waals surface area (Å²) in [5, 5.41) is 7.42. The first-order chi connectivity index (χ1) is 6.95. The first-order valence-corrected chi connectivity index (χ1v) is 4.51. The van der Waals surface area contributed by atoms with E-state index >= 15 is 0 Å². The molecular weight excluding hydrogens is 174 g/mol. The van der Waals surface area contributed by atoms with Crippen LogP contribution < -0.4 is 5.32 Å². The highest BCUT2D eigenvalue weighted by Crippen LogP contribution is 2.29. The molecule has 0 saturated carbocycles. The molecule has 1 aromatic heterocycles. The number of nitrogens with zero attached hydrogens (tertiary/aromatic N) is 2. The quantitative estimate of drug-likeness (QED) is 0.679. The Kier molecular flexibility index (Phi) is 1.44. The van der Waals surface area contributed by atoms with E-state index in [4.69, 9.17) is 0 Å². The van der Waals surface area contributed by atoms with Gasteiger partial charge in [-0.1, -0.05) is 18.2 Å². The number of hydrogen-bond donors (Lipinski definition) is 1. The van der Waals surface area contributed by atoms with Gasteiger partial charge in [-0.05, 0) is 12.1 Å². The van der Waals surface area contributed by atoms with Gasteiger partial charge >= 0.3 is 0 Å². The van der Waals surface area contributed by atoms with E-state index in [9.17, 15) is 0 Å². The summed E-state index contributed by atoms with van der Waals surface area (Å²) < 4.78 is 1.86. The number of nitrogens with one attached hydrogen (secondary N) is 1. The van der Waals surface area contributed by atoms with Crippen molar-refractivity contribution >= 4 is 11.9 Å². The van der Waals surface area contributed by atoms with Crippen LogP contribution in [0.3, 0.4) is 0 Å². The second kappa shape index (κ2) is 2.73. The summed E-state index contributed by atoms with van der Waals surface area (Å²) in [6.07, 6.45) is 5.61. The zero-order chi connectivity index (χ0) is 9.38. The third-order valence-corrected chi connectivity index (χ3v) is 2.33. The minimum absolute atomic E-state index is 1.11. The van der Waals surface area contributed by atoms with Crippen LogP contribution in [0.5, 0.6) is 0 Å². The molecule has 1 aromatic carbocycles. The summed E-state index contributed by atoms with van der Waals surface area (Å²) >= 11 is 0. The maximum Gasteiger partial charge on any atom is 0.0755 e. The Balaban J connectivity index is 2.33. The summed E-state index contributed by atoms with van der Waals surface area (Å²) in [7, 11) is 0. The number of fused-ring (bicyclic) bond motifs is 3. The van der Waals surface area contributed by atoms with Gasteiger partial charge in [0.25, 0.3) is 0 Å². The predicted octanol–water partition coefficient (Wildman–Crippen LogP) is 2.40. The van der Waals surface area contributed by atoms with E-state index in [2.05, 4.69) is 22.5 Å². The van der Waals surface area contributed by atoms with Gasteiger partial charge < -0.3 is 5.32 Å². The Bertz CT molecular complexity index is 497. The summed E-state index contributed by atoms with van der Waals surface area (Å²) in [6, 6.07) is 10.2. The second-order valence-electron chi connectivity index (χ2n) is 3.17. The van der Waals surface area contributed by atoms with E-state index in [0.717, 1.165) is 11.4 Å². The van der Waals surface area contributed by atoms with Crippen molar-refractivity contribution in [2.45, 2.75) is 0 Å². The van der Waals surface area contributed by atoms with Gasteiger partial charge in [0.05, 0.1) is 11.9 Å². The molecule has 0 atom stereocenters. The number of aromatic nitrogens is 2. The van der Waals surface area contributed by atoms with E-state index in [1.165, 1.54) is 5.56 Å². The lowest BCUT2D eigenvalue weighted by atomic mass is 10.1. The topological polar surface area (TPSA) is 29.9 Å². The molecule has 3 heteroatoms. The standard InChI is InChI=1S/C11H9N3/c1-2-4-10-9(3-1)11-5-6-13-14(11)8-7-12-10/h1-8,12H. The van der Waals surface area contributed by atoms with Crippen LogP contribution in [0.1, 0.15) is 0 Å². The van der Waals surface area contributed by atoms with E-state index in [-0.39, 0.29) is 0 Å². The molecule has 0 bridgehead atoms. The number of anilines is 1. The monoisotopic (exact) mass is 183 g/mol. The van der Waals surface area contributed by atoms with Crippen molar-refractivity contribution in [2.24, 2.45) is 0 Å². The minimum Gasteiger partial charge on any atom is -0.360 e. The van der Waals surface area contributed by atoms with Crippen LogP contribution in [0.25, 0.3) is 17.5 Å². The zero-order valence-corrected chi connectivity index (χ0v) is 7.51. The average Bonchev–Trinajstić information content (AvgIpc) is 2.61. The first kappa shape index (κ1) is 7.38. The molecular formula is C11H9N3. The van der Waals surface area contributed by atoms with Crippen LogP contribution in [0.2, 0.25) is 0 Å². The lowest BCUT2D eigenvalue weighted by molar-refractivity contribution is 0.944. The van der Waals surface area contributed by atoms with E-state index in [1.54, 1.807) is 0 Å². The van der Waals surface area contributed by atoms with Crippen LogP contribution in [0.15, 0.2) is 42.7 Å². The largest absolute Gasteiger partial charge is 0.360 e. The zero-order valence-electron chi connectivity index (χ0n) is 7.51. The highest BCUT2D eigenvalue weighted by atomic mass is 15.3. The van der Waals surface area contributed by atoms with Crippen molar-refractivity contribution in [3.63, 3.8) is 0 Å². The van der Waals surface area contributed by atoms with Crippen LogP contribution >= 0.6 is 0 Å². The molecule has 2 heterocycles. The Morgan fingerprint density at radius 3 is 3.07 bits per heavy atom. The Hall–Kier alpha value is -2.03. The van der Waals surface area contributed by atoms with Crippen molar-refractivity contribution in [1.82, 2.24) is 9.78 Å². The lowest BCUT2D eigenvalue weighted by Crippen LogP contribution is -1.90. The molecule has 0 unspecified atom stereocenters. The fourth-order valence-corrected chi connectivity index (χ4v) is 1.68. The highest BCUT2D eigenvalue weighted by molar-refractivity contribution is 5.79. The van der Waals surface area contributed by atoms with Gasteiger partial charge in [-0.25, -0.2) is 4.68 Å². The first-order valence-electron chi connectivity index (χ1n) is 4.51. The summed E-state index contributed by atoms with van der Waals surface area (Å²) in [5.41, 5.74) is 3.40. The third-order valence-electron chi connectivity index (χ3n) is 2.33. The lowest BCUT2D eigenvalue weighted by Gasteiger charge is -2.05. The maximum absolute atomic E-state index is 4.21. The molecule has 2 aromatic rings. The molecule has 0 amide bonds. The molecule has 0 fully saturated rings. The smallest absolute Gasteiger partial charge is 0.0755 e. The Morgan fingerprint density at radius 2 is 2.07 bits per heavy atom. The number of hydrogen-bond acceptors (Lipinski definition) is 2. The van der Waals surface area contributed by atoms with Crippen LogP contribution in [0, 0.1) is 0 Å². The highest BCUT2D eigenvalue weighted by Gasteiger charge is 2.09.